The summed E-state index contributed by atoms with van der Waals surface area (Å²) in [6, 6.07) is 0. The Bertz CT molecular complexity index is 376. The number of aromatic carboxylic acids is 1. The second-order valence-electron chi connectivity index (χ2n) is 3.84. The summed E-state index contributed by atoms with van der Waals surface area (Å²) >= 11 is 0. The summed E-state index contributed by atoms with van der Waals surface area (Å²) in [6.45, 7) is 3.79. The number of carboxylic acid groups (broad SMARTS) is 1. The van der Waals surface area contributed by atoms with Crippen molar-refractivity contribution in [3.63, 3.8) is 0 Å². The monoisotopic (exact) mass is 228 g/mol. The fourth-order valence-corrected chi connectivity index (χ4v) is 1.65. The predicted molar refractivity (Wildman–Crippen MR) is 56.1 cm³/mol. The molecule has 17 heavy (non-hydrogen) atoms. The topological polar surface area (TPSA) is 72.4 Å². The van der Waals surface area contributed by atoms with Gasteiger partial charge >= 0.3 is 18.9 Å². The van der Waals surface area contributed by atoms with Crippen LogP contribution < -0.4 is 28.9 Å². The van der Waals surface area contributed by atoms with Gasteiger partial charge in [-0.1, -0.05) is 0 Å². The van der Waals surface area contributed by atoms with Crippen LogP contribution in [0.15, 0.2) is 12.4 Å². The number of nitrogens with zero attached hydrogens (tertiary/aromatic N) is 4. The van der Waals surface area contributed by atoms with E-state index in [2.05, 4.69) is 26.8 Å². The van der Waals surface area contributed by atoms with E-state index in [0.29, 0.717) is 0 Å². The molecule has 1 fully saturated rings. The zero-order chi connectivity index (χ0) is 11.5. The maximum atomic E-state index is 10.5. The number of hydrogen-bond acceptors (Lipinski definition) is 6. The molecule has 0 amide bonds. The first-order valence-corrected chi connectivity index (χ1v) is 5.13. The van der Waals surface area contributed by atoms with Crippen LogP contribution in [0.5, 0.6) is 0 Å². The first-order chi connectivity index (χ1) is 7.66. The van der Waals surface area contributed by atoms with Crippen molar-refractivity contribution in [1.29, 1.82) is 0 Å². The van der Waals surface area contributed by atoms with E-state index in [-0.39, 0.29) is 24.7 Å². The largest absolute Gasteiger partial charge is 1.00 e. The average Bonchev–Trinajstić information content (AvgIpc) is 2.30. The van der Waals surface area contributed by atoms with E-state index in [1.807, 2.05) is 0 Å². The molecule has 0 atom stereocenters. The van der Waals surface area contributed by atoms with Crippen molar-refractivity contribution in [3.8, 4) is 0 Å². The number of anilines is 1. The van der Waals surface area contributed by atoms with Gasteiger partial charge in [0.2, 0.25) is 0 Å². The smallest absolute Gasteiger partial charge is 0.542 e. The molecule has 0 N–H and O–H groups in total. The van der Waals surface area contributed by atoms with E-state index in [4.69, 9.17) is 0 Å². The Morgan fingerprint density at radius 1 is 1.24 bits per heavy atom. The molecule has 2 rings (SSSR count). The third-order valence-electron chi connectivity index (χ3n) is 2.69. The van der Waals surface area contributed by atoms with Crippen LogP contribution in [-0.2, 0) is 0 Å². The van der Waals surface area contributed by atoms with Gasteiger partial charge in [-0.05, 0) is 7.05 Å². The van der Waals surface area contributed by atoms with Crippen molar-refractivity contribution in [2.75, 3.05) is 38.1 Å². The molecule has 0 aliphatic carbocycles. The van der Waals surface area contributed by atoms with Gasteiger partial charge in [0.05, 0.1) is 18.1 Å². The Kier molecular flexibility index (Phi) is 4.94. The minimum atomic E-state index is -1.34. The molecule has 7 heteroatoms. The van der Waals surface area contributed by atoms with E-state index in [0.717, 1.165) is 31.9 Å². The fraction of sp³-hybridized carbons (Fsp3) is 0.500. The minimum absolute atomic E-state index is 0. The van der Waals surface area contributed by atoms with Crippen LogP contribution in [0.2, 0.25) is 0 Å². The molecule has 6 nitrogen and oxygen atoms in total. The van der Waals surface area contributed by atoms with Gasteiger partial charge in [0.1, 0.15) is 5.97 Å². The van der Waals surface area contributed by atoms with Gasteiger partial charge in [-0.2, -0.15) is 0 Å². The number of carboxylic acids is 1. The zero-order valence-electron chi connectivity index (χ0n) is 10.1. The molecular formula is C10H13LiN4O2. The number of rotatable bonds is 2. The number of carbonyl (C=O) groups is 1. The number of carbonyl (C=O) groups excluding carboxylic acids is 1. The third kappa shape index (κ3) is 3.43. The van der Waals surface area contributed by atoms with Crippen LogP contribution in [0, 0.1) is 0 Å². The molecule has 1 aromatic heterocycles. The maximum Gasteiger partial charge on any atom is 1.00 e. The summed E-state index contributed by atoms with van der Waals surface area (Å²) in [7, 11) is 2.08. The second-order valence-corrected chi connectivity index (χ2v) is 3.84. The van der Waals surface area contributed by atoms with Crippen LogP contribution in [0.1, 0.15) is 10.6 Å². The summed E-state index contributed by atoms with van der Waals surface area (Å²) in [5, 5.41) is 10.5. The van der Waals surface area contributed by atoms with Gasteiger partial charge in [-0.25, -0.2) is 9.97 Å². The number of likely N-dealkylation sites (N-methyl/N-ethyl adjacent to an activating group) is 1. The second kappa shape index (κ2) is 6.01. The maximum absolute atomic E-state index is 10.5. The quantitative estimate of drug-likeness (QED) is 0.476. The third-order valence-corrected chi connectivity index (χ3v) is 2.69. The predicted octanol–water partition coefficient (Wildman–Crippen LogP) is -4.40. The van der Waals surface area contributed by atoms with Crippen molar-refractivity contribution in [3.05, 3.63) is 18.2 Å². The molecule has 2 heterocycles. The summed E-state index contributed by atoms with van der Waals surface area (Å²) in [6.07, 6.45) is 3.06. The van der Waals surface area contributed by atoms with E-state index in [1.54, 1.807) is 0 Å². The van der Waals surface area contributed by atoms with Gasteiger partial charge in [0, 0.05) is 26.2 Å². The van der Waals surface area contributed by atoms with Gasteiger partial charge in [0.25, 0.3) is 0 Å². The summed E-state index contributed by atoms with van der Waals surface area (Å²) < 4.78 is 0. The van der Waals surface area contributed by atoms with Crippen molar-refractivity contribution >= 4 is 11.7 Å². The molecule has 0 aromatic carbocycles. The fourth-order valence-electron chi connectivity index (χ4n) is 1.65. The van der Waals surface area contributed by atoms with E-state index >= 15 is 0 Å². The Balaban J connectivity index is 0.00000144. The van der Waals surface area contributed by atoms with Crippen LogP contribution in [0.4, 0.5) is 5.69 Å². The molecule has 0 bridgehead atoms. The normalized spacial score (nSPS) is 16.4. The Morgan fingerprint density at radius 3 is 2.24 bits per heavy atom. The number of aromatic nitrogens is 2. The molecule has 0 radical (unpaired) electrons. The molecule has 1 aromatic rings. The van der Waals surface area contributed by atoms with Crippen LogP contribution in [-0.4, -0.2) is 54.1 Å². The Morgan fingerprint density at radius 2 is 1.76 bits per heavy atom. The van der Waals surface area contributed by atoms with E-state index < -0.39 is 5.97 Å². The SMILES string of the molecule is CN1CCN(c2cnc(C(=O)[O-])nc2)CC1.[Li+]. The summed E-state index contributed by atoms with van der Waals surface area (Å²) in [5.74, 6) is -1.61. The molecule has 0 saturated carbocycles. The van der Waals surface area contributed by atoms with Crippen LogP contribution in [0.25, 0.3) is 0 Å². The Hall–Kier alpha value is -1.09. The average molecular weight is 228 g/mol. The number of piperazine rings is 1. The van der Waals surface area contributed by atoms with E-state index in [1.165, 1.54) is 12.4 Å². The van der Waals surface area contributed by atoms with Gasteiger partial charge in [-0.15, -0.1) is 0 Å². The number of hydrogen-bond donors (Lipinski definition) is 0. The summed E-state index contributed by atoms with van der Waals surface area (Å²) in [5.41, 5.74) is 0.859. The molecule has 1 aliphatic heterocycles. The van der Waals surface area contributed by atoms with Crippen molar-refractivity contribution in [2.45, 2.75) is 0 Å². The molecule has 0 spiro atoms. The van der Waals surface area contributed by atoms with Gasteiger partial charge in [-0.3, -0.25) is 0 Å². The first kappa shape index (κ1) is 14.0. The summed E-state index contributed by atoms with van der Waals surface area (Å²) in [4.78, 5) is 22.3. The first-order valence-electron chi connectivity index (χ1n) is 5.13. The van der Waals surface area contributed by atoms with Crippen molar-refractivity contribution < 1.29 is 28.8 Å². The van der Waals surface area contributed by atoms with Crippen LogP contribution in [0.3, 0.4) is 0 Å². The molecular weight excluding hydrogens is 215 g/mol. The molecule has 1 aliphatic rings. The molecule has 86 valence electrons. The molecule has 0 unspecified atom stereocenters. The standard InChI is InChI=1S/C10H14N4O2.Li/c1-13-2-4-14(5-3-13)8-6-11-9(10(15)16)12-7-8;/h6-7H,2-5H2,1H3,(H,15,16);/q;+1/p-1. The Labute approximate surface area is 112 Å². The van der Waals surface area contributed by atoms with Gasteiger partial charge < -0.3 is 19.7 Å². The molecule has 1 saturated heterocycles. The van der Waals surface area contributed by atoms with Crippen LogP contribution >= 0.6 is 0 Å². The minimum Gasteiger partial charge on any atom is -0.542 e. The van der Waals surface area contributed by atoms with E-state index in [9.17, 15) is 9.90 Å². The zero-order valence-corrected chi connectivity index (χ0v) is 10.1. The van der Waals surface area contributed by atoms with Crippen molar-refractivity contribution in [1.82, 2.24) is 14.9 Å². The van der Waals surface area contributed by atoms with Crippen molar-refractivity contribution in [2.24, 2.45) is 0 Å². The van der Waals surface area contributed by atoms with Gasteiger partial charge in [0.15, 0.2) is 5.82 Å².